The number of unbranched alkanes of at least 4 members (excludes halogenated alkanes) is 3. The zero-order valence-electron chi connectivity index (χ0n) is 16.9. The Morgan fingerprint density at radius 1 is 0.923 bits per heavy atom. The second-order valence-electron chi connectivity index (χ2n) is 7.48. The van der Waals surface area contributed by atoms with Crippen molar-refractivity contribution in [2.75, 3.05) is 0 Å². The molecule has 0 aliphatic heterocycles. The van der Waals surface area contributed by atoms with E-state index in [-0.39, 0.29) is 0 Å². The van der Waals surface area contributed by atoms with Gasteiger partial charge in [-0.15, -0.1) is 0 Å². The molecule has 1 heterocycles. The molecule has 0 fully saturated rings. The van der Waals surface area contributed by atoms with Crippen LogP contribution in [0.2, 0.25) is 18.3 Å². The van der Waals surface area contributed by atoms with Crippen LogP contribution < -0.4 is 3.71 Å². The van der Waals surface area contributed by atoms with Crippen molar-refractivity contribution in [2.45, 2.75) is 79.5 Å². The van der Waals surface area contributed by atoms with Gasteiger partial charge in [0.25, 0.3) is 0 Å². The van der Waals surface area contributed by atoms with Crippen LogP contribution in [-0.2, 0) is 0 Å². The number of aromatic nitrogens is 3. The van der Waals surface area contributed by atoms with Crippen molar-refractivity contribution in [1.29, 1.82) is 0 Å². The first-order valence-electron chi connectivity index (χ1n) is 10.3. The van der Waals surface area contributed by atoms with E-state index in [1.165, 1.54) is 61.2 Å². The summed E-state index contributed by atoms with van der Waals surface area (Å²) in [6.07, 6.45) is 7.82. The standard InChI is InChI=1S/C9H7ClN3.3C4H9.Sn/c1-7-6-11-12-13(7)9-5-3-2-4-8(9)10;3*1-3-4-2;/h2-5H,1H3;3*1,3-4H2,2H3;. The number of benzene rings is 1. The van der Waals surface area contributed by atoms with Gasteiger partial charge in [-0.25, -0.2) is 0 Å². The van der Waals surface area contributed by atoms with Crippen LogP contribution >= 0.6 is 11.6 Å². The van der Waals surface area contributed by atoms with Gasteiger partial charge in [0.15, 0.2) is 0 Å². The van der Waals surface area contributed by atoms with Crippen molar-refractivity contribution in [2.24, 2.45) is 0 Å². The van der Waals surface area contributed by atoms with Gasteiger partial charge in [-0.2, -0.15) is 0 Å². The number of hydrogen-bond acceptors (Lipinski definition) is 2. The molecular formula is C21H34ClN3Sn. The Morgan fingerprint density at radius 2 is 1.46 bits per heavy atom. The maximum atomic E-state index is 6.43. The summed E-state index contributed by atoms with van der Waals surface area (Å²) in [7, 11) is 0. The van der Waals surface area contributed by atoms with E-state index in [0.29, 0.717) is 0 Å². The van der Waals surface area contributed by atoms with Crippen LogP contribution in [0.15, 0.2) is 24.3 Å². The van der Waals surface area contributed by atoms with E-state index < -0.39 is 18.4 Å². The summed E-state index contributed by atoms with van der Waals surface area (Å²) in [4.78, 5) is 0. The van der Waals surface area contributed by atoms with E-state index in [9.17, 15) is 0 Å². The average molecular weight is 483 g/mol. The van der Waals surface area contributed by atoms with Gasteiger partial charge >= 0.3 is 169 Å². The third-order valence-corrected chi connectivity index (χ3v) is 21.2. The average Bonchev–Trinajstić information content (AvgIpc) is 3.04. The Balaban J connectivity index is 2.48. The molecule has 1 aromatic carbocycles. The van der Waals surface area contributed by atoms with Gasteiger partial charge in [-0.3, -0.25) is 0 Å². The molecule has 0 aliphatic rings. The quantitative estimate of drug-likeness (QED) is 0.353. The van der Waals surface area contributed by atoms with Crippen LogP contribution in [0, 0.1) is 6.92 Å². The predicted molar refractivity (Wildman–Crippen MR) is 116 cm³/mol. The van der Waals surface area contributed by atoms with Crippen LogP contribution in [0.25, 0.3) is 5.69 Å². The molecule has 144 valence electrons. The number of hydrogen-bond donors (Lipinski definition) is 0. The number of para-hydroxylation sites is 1. The van der Waals surface area contributed by atoms with Gasteiger partial charge in [0.05, 0.1) is 0 Å². The summed E-state index contributed by atoms with van der Waals surface area (Å²) in [5.74, 6) is 0. The fourth-order valence-corrected chi connectivity index (χ4v) is 20.4. The Labute approximate surface area is 168 Å². The maximum absolute atomic E-state index is 6.43. The van der Waals surface area contributed by atoms with Crippen LogP contribution in [0.4, 0.5) is 0 Å². The number of halogens is 1. The second-order valence-corrected chi connectivity index (χ2v) is 20.8. The molecule has 0 spiro atoms. The fraction of sp³-hybridized carbons (Fsp3) is 0.619. The van der Waals surface area contributed by atoms with Crippen molar-refractivity contribution in [3.05, 3.63) is 35.0 Å². The van der Waals surface area contributed by atoms with E-state index in [4.69, 9.17) is 16.7 Å². The first-order chi connectivity index (χ1) is 12.6. The molecule has 26 heavy (non-hydrogen) atoms. The van der Waals surface area contributed by atoms with Crippen LogP contribution in [0.1, 0.15) is 65.0 Å². The van der Waals surface area contributed by atoms with Crippen LogP contribution in [0.3, 0.4) is 0 Å². The van der Waals surface area contributed by atoms with Crippen LogP contribution in [-0.4, -0.2) is 33.4 Å². The molecule has 0 aliphatic carbocycles. The first-order valence-corrected chi connectivity index (χ1v) is 18.1. The Morgan fingerprint density at radius 3 is 1.96 bits per heavy atom. The molecular weight excluding hydrogens is 448 g/mol. The van der Waals surface area contributed by atoms with E-state index in [1.54, 1.807) is 0 Å². The Kier molecular flexibility index (Phi) is 8.95. The second kappa shape index (κ2) is 10.7. The van der Waals surface area contributed by atoms with Crippen LogP contribution in [0.5, 0.6) is 0 Å². The van der Waals surface area contributed by atoms with E-state index in [1.807, 2.05) is 28.9 Å². The Hall–Kier alpha value is -0.551. The van der Waals surface area contributed by atoms with Crippen molar-refractivity contribution in [1.82, 2.24) is 15.0 Å². The fourth-order valence-electron chi connectivity index (χ4n) is 3.95. The molecule has 2 rings (SSSR count). The monoisotopic (exact) mass is 483 g/mol. The van der Waals surface area contributed by atoms with Gasteiger partial charge in [-0.05, 0) is 0 Å². The topological polar surface area (TPSA) is 30.7 Å². The first kappa shape index (κ1) is 21.7. The minimum absolute atomic E-state index is 0.739. The SMILES string of the molecule is CCC[CH2][Sn]([CH2]CCC)([CH2]CCC)[c]1nnn(-c2ccccc2Cl)c1C. The third-order valence-electron chi connectivity index (χ3n) is 5.50. The summed E-state index contributed by atoms with van der Waals surface area (Å²) in [6, 6.07) is 7.95. The molecule has 5 heteroatoms. The molecule has 0 saturated heterocycles. The van der Waals surface area contributed by atoms with Crippen molar-refractivity contribution in [3.63, 3.8) is 0 Å². The van der Waals surface area contributed by atoms with Crippen molar-refractivity contribution < 1.29 is 0 Å². The molecule has 0 atom stereocenters. The van der Waals surface area contributed by atoms with Gasteiger partial charge in [0.1, 0.15) is 0 Å². The van der Waals surface area contributed by atoms with Gasteiger partial charge in [0, 0.05) is 0 Å². The molecule has 3 nitrogen and oxygen atoms in total. The number of rotatable bonds is 11. The molecule has 2 aromatic rings. The van der Waals surface area contributed by atoms with Gasteiger partial charge in [0.2, 0.25) is 0 Å². The summed E-state index contributed by atoms with van der Waals surface area (Å²) < 4.78 is 7.61. The molecule has 0 bridgehead atoms. The van der Waals surface area contributed by atoms with Crippen molar-refractivity contribution in [3.8, 4) is 5.69 Å². The molecule has 0 saturated carbocycles. The Bertz CT molecular complexity index is 662. The molecule has 0 radical (unpaired) electrons. The zero-order valence-corrected chi connectivity index (χ0v) is 20.5. The molecule has 1 aromatic heterocycles. The minimum atomic E-state index is -2.56. The third kappa shape index (κ3) is 5.03. The summed E-state index contributed by atoms with van der Waals surface area (Å²) in [6.45, 7) is 9.13. The number of nitrogens with zero attached hydrogens (tertiary/aromatic N) is 3. The summed E-state index contributed by atoms with van der Waals surface area (Å²) in [5, 5.41) is 10.1. The zero-order chi connectivity index (χ0) is 19.0. The summed E-state index contributed by atoms with van der Waals surface area (Å²) >= 11 is 3.87. The predicted octanol–water partition coefficient (Wildman–Crippen LogP) is 6.29. The van der Waals surface area contributed by atoms with Gasteiger partial charge in [-0.1, -0.05) is 0 Å². The van der Waals surface area contributed by atoms with E-state index in [2.05, 4.69) is 32.9 Å². The van der Waals surface area contributed by atoms with Gasteiger partial charge < -0.3 is 0 Å². The van der Waals surface area contributed by atoms with E-state index >= 15 is 0 Å². The molecule has 0 N–H and O–H groups in total. The summed E-state index contributed by atoms with van der Waals surface area (Å²) in [5.41, 5.74) is 2.18. The molecule has 0 unspecified atom stereocenters. The van der Waals surface area contributed by atoms with Crippen molar-refractivity contribution >= 4 is 33.7 Å². The normalized spacial score (nSPS) is 11.9. The molecule has 0 amide bonds. The van der Waals surface area contributed by atoms with E-state index in [0.717, 1.165) is 10.7 Å².